The van der Waals surface area contributed by atoms with Crippen molar-refractivity contribution >= 4 is 23.4 Å². The Morgan fingerprint density at radius 2 is 1.78 bits per heavy atom. The second-order valence-corrected chi connectivity index (χ2v) is 8.60. The Bertz CT molecular complexity index is 1400. The van der Waals surface area contributed by atoms with Crippen molar-refractivity contribution in [1.29, 1.82) is 0 Å². The van der Waals surface area contributed by atoms with Crippen molar-refractivity contribution in [2.75, 3.05) is 13.7 Å². The normalized spacial score (nSPS) is 16.6. The molecular formula is C29H26FNO6. The number of amides is 1. The summed E-state index contributed by atoms with van der Waals surface area (Å²) in [4.78, 5) is 39.9. The summed E-state index contributed by atoms with van der Waals surface area (Å²) in [7, 11) is 1.36. The molecule has 1 atom stereocenters. The van der Waals surface area contributed by atoms with Gasteiger partial charge in [0.15, 0.2) is 0 Å². The molecule has 8 heteroatoms. The van der Waals surface area contributed by atoms with Crippen LogP contribution in [0, 0.1) is 12.7 Å². The molecule has 1 saturated heterocycles. The molecule has 1 aliphatic heterocycles. The van der Waals surface area contributed by atoms with Crippen molar-refractivity contribution < 1.29 is 33.4 Å². The van der Waals surface area contributed by atoms with Gasteiger partial charge in [0, 0.05) is 6.54 Å². The van der Waals surface area contributed by atoms with Crippen molar-refractivity contribution in [3.05, 3.63) is 106 Å². The first kappa shape index (κ1) is 25.6. The van der Waals surface area contributed by atoms with E-state index in [0.717, 1.165) is 11.6 Å². The number of hydrogen-bond acceptors (Lipinski definition) is 6. The van der Waals surface area contributed by atoms with Gasteiger partial charge in [0.2, 0.25) is 0 Å². The van der Waals surface area contributed by atoms with E-state index in [1.807, 2.05) is 19.1 Å². The average Bonchev–Trinajstić information content (AvgIpc) is 3.13. The van der Waals surface area contributed by atoms with Gasteiger partial charge < -0.3 is 19.5 Å². The molecule has 0 radical (unpaired) electrons. The molecule has 37 heavy (non-hydrogen) atoms. The number of nitrogens with zero attached hydrogens (tertiary/aromatic N) is 1. The van der Waals surface area contributed by atoms with Crippen LogP contribution in [0.25, 0.3) is 5.76 Å². The molecule has 0 saturated carbocycles. The van der Waals surface area contributed by atoms with Crippen molar-refractivity contribution in [2.45, 2.75) is 26.4 Å². The van der Waals surface area contributed by atoms with E-state index in [1.54, 1.807) is 43.3 Å². The highest BCUT2D eigenvalue weighted by Crippen LogP contribution is 2.42. The fourth-order valence-corrected chi connectivity index (χ4v) is 4.40. The maximum absolute atomic E-state index is 14.1. The maximum Gasteiger partial charge on any atom is 0.338 e. The number of aliphatic hydroxyl groups is 1. The molecule has 1 N–H and O–H groups in total. The summed E-state index contributed by atoms with van der Waals surface area (Å²) in [5, 5.41) is 11.3. The quantitative estimate of drug-likeness (QED) is 0.212. The highest BCUT2D eigenvalue weighted by Gasteiger charge is 2.46. The minimum absolute atomic E-state index is 0.0306. The van der Waals surface area contributed by atoms with Gasteiger partial charge >= 0.3 is 5.97 Å². The Morgan fingerprint density at radius 3 is 2.43 bits per heavy atom. The molecule has 1 aliphatic rings. The zero-order valence-corrected chi connectivity index (χ0v) is 20.7. The monoisotopic (exact) mass is 503 g/mol. The maximum atomic E-state index is 14.1. The standard InChI is InChI=1S/C29H26FNO6/c1-4-37-29(35)19-10-8-18(9-11-19)16-31-25(20-7-5-6-17(2)14-20)24(27(33)28(31)34)26(32)22-15-21(30)12-13-23(22)36-3/h5-15,25,32H,4,16H2,1-3H3/b26-24+. The third-order valence-electron chi connectivity index (χ3n) is 6.13. The van der Waals surface area contributed by atoms with Crippen molar-refractivity contribution in [3.63, 3.8) is 0 Å². The van der Waals surface area contributed by atoms with Crippen LogP contribution in [0.5, 0.6) is 5.75 Å². The lowest BCUT2D eigenvalue weighted by Gasteiger charge is -2.26. The zero-order valence-electron chi connectivity index (χ0n) is 20.7. The number of benzene rings is 3. The minimum atomic E-state index is -0.933. The highest BCUT2D eigenvalue weighted by atomic mass is 19.1. The number of hydrogen-bond donors (Lipinski definition) is 1. The molecule has 190 valence electrons. The summed E-state index contributed by atoms with van der Waals surface area (Å²) in [6, 6.07) is 16.4. The zero-order chi connectivity index (χ0) is 26.7. The van der Waals surface area contributed by atoms with Gasteiger partial charge in [0.05, 0.1) is 36.5 Å². The lowest BCUT2D eigenvalue weighted by Crippen LogP contribution is -2.29. The van der Waals surface area contributed by atoms with E-state index in [4.69, 9.17) is 9.47 Å². The number of carbonyl (C=O) groups excluding carboxylic acids is 3. The van der Waals surface area contributed by atoms with Gasteiger partial charge in [-0.3, -0.25) is 9.59 Å². The van der Waals surface area contributed by atoms with Gasteiger partial charge in [-0.2, -0.15) is 0 Å². The second kappa shape index (κ2) is 10.7. The lowest BCUT2D eigenvalue weighted by molar-refractivity contribution is -0.140. The van der Waals surface area contributed by atoms with Crippen LogP contribution < -0.4 is 4.74 Å². The molecule has 0 bridgehead atoms. The molecule has 3 aromatic carbocycles. The Hall–Kier alpha value is -4.46. The number of carbonyl (C=O) groups is 3. The third kappa shape index (κ3) is 5.09. The van der Waals surface area contributed by atoms with Gasteiger partial charge in [0.1, 0.15) is 17.3 Å². The van der Waals surface area contributed by atoms with Crippen LogP contribution in [-0.4, -0.2) is 41.4 Å². The third-order valence-corrected chi connectivity index (χ3v) is 6.13. The highest BCUT2D eigenvalue weighted by molar-refractivity contribution is 6.46. The predicted molar refractivity (Wildman–Crippen MR) is 134 cm³/mol. The van der Waals surface area contributed by atoms with E-state index in [0.29, 0.717) is 16.7 Å². The summed E-state index contributed by atoms with van der Waals surface area (Å²) in [5.74, 6) is -3.16. The van der Waals surface area contributed by atoms with Crippen LogP contribution in [0.4, 0.5) is 4.39 Å². The molecule has 0 aromatic heterocycles. The van der Waals surface area contributed by atoms with Crippen molar-refractivity contribution in [2.24, 2.45) is 0 Å². The largest absolute Gasteiger partial charge is 0.507 e. The number of methoxy groups -OCH3 is 1. The summed E-state index contributed by atoms with van der Waals surface area (Å²) >= 11 is 0. The number of aliphatic hydroxyl groups excluding tert-OH is 1. The van der Waals surface area contributed by atoms with Crippen LogP contribution >= 0.6 is 0 Å². The molecule has 3 aromatic rings. The number of ether oxygens (including phenoxy) is 2. The molecule has 1 fully saturated rings. The summed E-state index contributed by atoms with van der Waals surface area (Å²) in [5.41, 5.74) is 2.33. The van der Waals surface area contributed by atoms with E-state index in [1.165, 1.54) is 24.1 Å². The van der Waals surface area contributed by atoms with Gasteiger partial charge in [-0.05, 0) is 55.3 Å². The number of esters is 1. The van der Waals surface area contributed by atoms with E-state index < -0.39 is 35.3 Å². The molecule has 4 rings (SSSR count). The fourth-order valence-electron chi connectivity index (χ4n) is 4.40. The van der Waals surface area contributed by atoms with Crippen LogP contribution in [0.2, 0.25) is 0 Å². The first-order valence-electron chi connectivity index (χ1n) is 11.7. The van der Waals surface area contributed by atoms with Gasteiger partial charge in [0.25, 0.3) is 11.7 Å². The van der Waals surface area contributed by atoms with Crippen LogP contribution in [0.1, 0.15) is 45.6 Å². The number of rotatable bonds is 7. The summed E-state index contributed by atoms with van der Waals surface area (Å²) in [6.07, 6.45) is 0. The summed E-state index contributed by atoms with van der Waals surface area (Å²) < 4.78 is 24.4. The number of aryl methyl sites for hydroxylation is 1. The Kier molecular flexibility index (Phi) is 7.38. The Balaban J connectivity index is 1.81. The van der Waals surface area contributed by atoms with E-state index in [9.17, 15) is 23.9 Å². The fraction of sp³-hybridized carbons (Fsp3) is 0.207. The van der Waals surface area contributed by atoms with Crippen LogP contribution in [0.3, 0.4) is 0 Å². The minimum Gasteiger partial charge on any atom is -0.507 e. The molecular weight excluding hydrogens is 477 g/mol. The number of likely N-dealkylation sites (tertiary alicyclic amines) is 1. The molecule has 0 aliphatic carbocycles. The number of halogens is 1. The Labute approximate surface area is 213 Å². The molecule has 0 spiro atoms. The Morgan fingerprint density at radius 1 is 1.05 bits per heavy atom. The first-order valence-corrected chi connectivity index (χ1v) is 11.7. The van der Waals surface area contributed by atoms with Crippen molar-refractivity contribution in [3.8, 4) is 5.75 Å². The van der Waals surface area contributed by atoms with E-state index in [2.05, 4.69) is 0 Å². The topological polar surface area (TPSA) is 93.1 Å². The predicted octanol–water partition coefficient (Wildman–Crippen LogP) is 4.94. The first-order chi connectivity index (χ1) is 17.7. The SMILES string of the molecule is CCOC(=O)c1ccc(CN2C(=O)C(=O)/C(=C(/O)c3cc(F)ccc3OC)C2c2cccc(C)c2)cc1. The molecule has 1 amide bonds. The van der Waals surface area contributed by atoms with Gasteiger partial charge in [-0.1, -0.05) is 42.0 Å². The van der Waals surface area contributed by atoms with Crippen LogP contribution in [0.15, 0.2) is 72.3 Å². The van der Waals surface area contributed by atoms with Gasteiger partial charge in [-0.15, -0.1) is 0 Å². The number of ketones is 1. The summed E-state index contributed by atoms with van der Waals surface area (Å²) in [6.45, 7) is 3.87. The van der Waals surface area contributed by atoms with Crippen LogP contribution in [-0.2, 0) is 20.9 Å². The molecule has 7 nitrogen and oxygen atoms in total. The number of Topliss-reactive ketones (excluding diaryl/α,β-unsaturated/α-hetero) is 1. The second-order valence-electron chi connectivity index (χ2n) is 8.60. The molecule has 1 heterocycles. The van der Waals surface area contributed by atoms with E-state index >= 15 is 0 Å². The van der Waals surface area contributed by atoms with Gasteiger partial charge in [-0.25, -0.2) is 9.18 Å². The lowest BCUT2D eigenvalue weighted by atomic mass is 9.94. The average molecular weight is 504 g/mol. The van der Waals surface area contributed by atoms with Crippen molar-refractivity contribution in [1.82, 2.24) is 4.90 Å². The smallest absolute Gasteiger partial charge is 0.338 e. The van der Waals surface area contributed by atoms with E-state index in [-0.39, 0.29) is 30.0 Å². The molecule has 1 unspecified atom stereocenters.